The molecule has 5 nitrogen and oxygen atoms in total. The molecular weight excluding hydrogens is 302 g/mol. The lowest BCUT2D eigenvalue weighted by Gasteiger charge is -2.03. The van der Waals surface area contributed by atoms with E-state index in [2.05, 4.69) is 10.2 Å². The summed E-state index contributed by atoms with van der Waals surface area (Å²) in [4.78, 5) is 0.240. The Bertz CT molecular complexity index is 673. The van der Waals surface area contributed by atoms with Gasteiger partial charge in [0.15, 0.2) is 14.2 Å². The van der Waals surface area contributed by atoms with E-state index in [1.165, 1.54) is 47.4 Å². The summed E-state index contributed by atoms with van der Waals surface area (Å²) in [5.74, 6) is 0.459. The Labute approximate surface area is 119 Å². The van der Waals surface area contributed by atoms with Crippen molar-refractivity contribution in [2.75, 3.05) is 11.5 Å². The first-order valence-corrected chi connectivity index (χ1v) is 8.75. The maximum Gasteiger partial charge on any atom is 0.179 e. The highest BCUT2D eigenvalue weighted by Gasteiger charge is 2.14. The van der Waals surface area contributed by atoms with Gasteiger partial charge in [-0.15, -0.1) is 10.2 Å². The third-order valence-corrected chi connectivity index (χ3v) is 6.11. The first-order chi connectivity index (χ1) is 9.12. The van der Waals surface area contributed by atoms with Crippen LogP contribution >= 0.6 is 23.1 Å². The summed E-state index contributed by atoms with van der Waals surface area (Å²) in [7, 11) is -3.31. The molecule has 0 saturated carbocycles. The van der Waals surface area contributed by atoms with Crippen LogP contribution in [-0.2, 0) is 9.84 Å². The van der Waals surface area contributed by atoms with Crippen molar-refractivity contribution in [3.63, 3.8) is 0 Å². The molecule has 98 valence electrons. The largest absolute Gasteiger partial charge is 0.224 e. The molecule has 0 fully saturated rings. The SMILES string of the molecule is N#Cc1ccc(S(=O)(=O)CCSc2nncs2)cc1. The normalized spacial score (nSPS) is 11.1. The van der Waals surface area contributed by atoms with Crippen molar-refractivity contribution in [3.05, 3.63) is 35.3 Å². The van der Waals surface area contributed by atoms with Gasteiger partial charge in [-0.1, -0.05) is 23.1 Å². The van der Waals surface area contributed by atoms with Crippen molar-refractivity contribution in [1.82, 2.24) is 10.2 Å². The highest BCUT2D eigenvalue weighted by Crippen LogP contribution is 2.20. The molecule has 8 heteroatoms. The Balaban J connectivity index is 1.99. The van der Waals surface area contributed by atoms with Gasteiger partial charge >= 0.3 is 0 Å². The van der Waals surface area contributed by atoms with Gasteiger partial charge in [-0.2, -0.15) is 5.26 Å². The van der Waals surface area contributed by atoms with E-state index in [1.807, 2.05) is 6.07 Å². The Kier molecular flexibility index (Phi) is 4.52. The molecule has 0 saturated heterocycles. The van der Waals surface area contributed by atoms with Crippen LogP contribution in [-0.4, -0.2) is 30.1 Å². The van der Waals surface area contributed by atoms with Crippen molar-refractivity contribution in [2.24, 2.45) is 0 Å². The number of hydrogen-bond donors (Lipinski definition) is 0. The zero-order valence-corrected chi connectivity index (χ0v) is 12.1. The second kappa shape index (κ2) is 6.14. The molecule has 0 N–H and O–H groups in total. The van der Waals surface area contributed by atoms with E-state index >= 15 is 0 Å². The molecule has 2 aromatic rings. The predicted octanol–water partition coefficient (Wildman–Crippen LogP) is 1.98. The summed E-state index contributed by atoms with van der Waals surface area (Å²) < 4.78 is 24.8. The molecule has 0 aliphatic carbocycles. The summed E-state index contributed by atoms with van der Waals surface area (Å²) in [5.41, 5.74) is 2.06. The lowest BCUT2D eigenvalue weighted by atomic mass is 10.2. The minimum atomic E-state index is -3.31. The average Bonchev–Trinajstić information content (AvgIpc) is 2.92. The van der Waals surface area contributed by atoms with E-state index in [0.717, 1.165) is 4.34 Å². The Morgan fingerprint density at radius 3 is 2.63 bits per heavy atom. The average molecular weight is 311 g/mol. The molecule has 0 bridgehead atoms. The number of hydrogen-bond acceptors (Lipinski definition) is 7. The second-order valence-electron chi connectivity index (χ2n) is 3.51. The molecule has 0 unspecified atom stereocenters. The third kappa shape index (κ3) is 3.76. The van der Waals surface area contributed by atoms with Gasteiger partial charge in [0.05, 0.1) is 22.3 Å². The minimum Gasteiger partial charge on any atom is -0.224 e. The van der Waals surface area contributed by atoms with Gasteiger partial charge in [0.2, 0.25) is 0 Å². The van der Waals surface area contributed by atoms with Gasteiger partial charge in [-0.25, -0.2) is 8.42 Å². The third-order valence-electron chi connectivity index (χ3n) is 2.26. The van der Waals surface area contributed by atoms with Gasteiger partial charge < -0.3 is 0 Å². The number of sulfone groups is 1. The summed E-state index contributed by atoms with van der Waals surface area (Å²) in [6, 6.07) is 7.89. The first-order valence-electron chi connectivity index (χ1n) is 5.24. The molecule has 0 spiro atoms. The van der Waals surface area contributed by atoms with Crippen molar-refractivity contribution >= 4 is 32.9 Å². The van der Waals surface area contributed by atoms with Crippen LogP contribution in [0.2, 0.25) is 0 Å². The lowest BCUT2D eigenvalue weighted by Crippen LogP contribution is -2.08. The fourth-order valence-corrected chi connectivity index (χ4v) is 4.53. The van der Waals surface area contributed by atoms with Crippen LogP contribution in [0.4, 0.5) is 0 Å². The quantitative estimate of drug-likeness (QED) is 0.785. The number of benzene rings is 1. The van der Waals surface area contributed by atoms with Gasteiger partial charge in [0.1, 0.15) is 5.51 Å². The zero-order valence-electron chi connectivity index (χ0n) is 9.68. The zero-order chi connectivity index (χ0) is 13.7. The molecular formula is C11H9N3O2S3. The van der Waals surface area contributed by atoms with Gasteiger partial charge in [0.25, 0.3) is 0 Å². The summed E-state index contributed by atoms with van der Waals surface area (Å²) in [6.45, 7) is 0. The number of rotatable bonds is 5. The highest BCUT2D eigenvalue weighted by atomic mass is 32.2. The van der Waals surface area contributed by atoms with Crippen molar-refractivity contribution in [2.45, 2.75) is 9.24 Å². The molecule has 19 heavy (non-hydrogen) atoms. The van der Waals surface area contributed by atoms with E-state index in [0.29, 0.717) is 11.3 Å². The second-order valence-corrected chi connectivity index (χ2v) is 7.79. The van der Waals surface area contributed by atoms with Crippen LogP contribution in [0.1, 0.15) is 5.56 Å². The van der Waals surface area contributed by atoms with Crippen molar-refractivity contribution in [3.8, 4) is 6.07 Å². The molecule has 0 aliphatic rings. The minimum absolute atomic E-state index is 0.0309. The molecule has 1 aromatic carbocycles. The van der Waals surface area contributed by atoms with E-state index in [1.54, 1.807) is 5.51 Å². The van der Waals surface area contributed by atoms with Crippen LogP contribution < -0.4 is 0 Å². The number of nitriles is 1. The number of thioether (sulfide) groups is 1. The van der Waals surface area contributed by atoms with Gasteiger partial charge in [-0.05, 0) is 24.3 Å². The van der Waals surface area contributed by atoms with Crippen LogP contribution in [0.5, 0.6) is 0 Å². The van der Waals surface area contributed by atoms with E-state index in [4.69, 9.17) is 5.26 Å². The predicted molar refractivity (Wildman–Crippen MR) is 73.8 cm³/mol. The Morgan fingerprint density at radius 2 is 2.05 bits per heavy atom. The highest BCUT2D eigenvalue weighted by molar-refractivity contribution is 8.02. The monoisotopic (exact) mass is 311 g/mol. The Morgan fingerprint density at radius 1 is 1.32 bits per heavy atom. The maximum atomic E-state index is 12.0. The topological polar surface area (TPSA) is 83.7 Å². The van der Waals surface area contributed by atoms with E-state index in [9.17, 15) is 8.42 Å². The fraction of sp³-hybridized carbons (Fsp3) is 0.182. The van der Waals surface area contributed by atoms with Crippen LogP contribution in [0, 0.1) is 11.3 Å². The maximum absolute atomic E-state index is 12.0. The van der Waals surface area contributed by atoms with Crippen LogP contribution in [0.25, 0.3) is 0 Å². The molecule has 1 heterocycles. The van der Waals surface area contributed by atoms with Gasteiger partial charge in [-0.3, -0.25) is 0 Å². The molecule has 2 rings (SSSR count). The smallest absolute Gasteiger partial charge is 0.179 e. The molecule has 0 aliphatic heterocycles. The molecule has 0 radical (unpaired) electrons. The molecule has 0 amide bonds. The molecule has 0 atom stereocenters. The lowest BCUT2D eigenvalue weighted by molar-refractivity contribution is 0.597. The number of nitrogens with zero attached hydrogens (tertiary/aromatic N) is 3. The summed E-state index contributed by atoms with van der Waals surface area (Å²) >= 11 is 2.75. The fourth-order valence-electron chi connectivity index (χ4n) is 1.32. The molecule has 1 aromatic heterocycles. The Hall–Kier alpha value is -1.43. The standard InChI is InChI=1S/C11H9N3O2S3/c12-7-9-1-3-10(4-2-9)19(15,16)6-5-17-11-14-13-8-18-11/h1-4,8H,5-6H2. The van der Waals surface area contributed by atoms with Crippen LogP contribution in [0.3, 0.4) is 0 Å². The van der Waals surface area contributed by atoms with E-state index < -0.39 is 9.84 Å². The van der Waals surface area contributed by atoms with Crippen molar-refractivity contribution in [1.29, 1.82) is 5.26 Å². The number of aromatic nitrogens is 2. The van der Waals surface area contributed by atoms with Crippen molar-refractivity contribution < 1.29 is 8.42 Å². The van der Waals surface area contributed by atoms with E-state index in [-0.39, 0.29) is 10.6 Å². The summed E-state index contributed by atoms with van der Waals surface area (Å²) in [6.07, 6.45) is 0. The first kappa shape index (κ1) is 14.0. The summed E-state index contributed by atoms with van der Waals surface area (Å²) in [5, 5.41) is 16.2. The van der Waals surface area contributed by atoms with Gasteiger partial charge in [0, 0.05) is 5.75 Å². The van der Waals surface area contributed by atoms with Crippen LogP contribution in [0.15, 0.2) is 39.0 Å².